The summed E-state index contributed by atoms with van der Waals surface area (Å²) in [4.78, 5) is 12.1. The molecule has 0 fully saturated rings. The molecule has 0 aliphatic carbocycles. The molecule has 1 unspecified atom stereocenters. The maximum Gasteiger partial charge on any atom is 0.251 e. The van der Waals surface area contributed by atoms with Crippen molar-refractivity contribution >= 4 is 28.8 Å². The van der Waals surface area contributed by atoms with E-state index in [9.17, 15) is 9.90 Å². The molecule has 0 aliphatic rings. The van der Waals surface area contributed by atoms with E-state index in [1.54, 1.807) is 35.6 Å². The van der Waals surface area contributed by atoms with Crippen molar-refractivity contribution in [2.75, 3.05) is 6.54 Å². The Hall–Kier alpha value is -2.14. The fraction of sp³-hybridized carbons (Fsp3) is 0.105. The third-order valence-corrected chi connectivity index (χ3v) is 4.61. The topological polar surface area (TPSA) is 49.3 Å². The molecular weight excluding hydrogens is 342 g/mol. The lowest BCUT2D eigenvalue weighted by molar-refractivity contribution is 0.0916. The number of carbonyl (C=O) groups is 1. The Bertz CT molecular complexity index is 816. The highest BCUT2D eigenvalue weighted by Crippen LogP contribution is 2.24. The Balaban J connectivity index is 1.60. The van der Waals surface area contributed by atoms with Crippen molar-refractivity contribution in [2.24, 2.45) is 0 Å². The zero-order valence-corrected chi connectivity index (χ0v) is 14.3. The van der Waals surface area contributed by atoms with Gasteiger partial charge in [0.25, 0.3) is 5.91 Å². The first-order chi connectivity index (χ1) is 11.6. The predicted octanol–water partition coefficient (Wildman–Crippen LogP) is 4.53. The van der Waals surface area contributed by atoms with Crippen LogP contribution >= 0.6 is 22.9 Å². The van der Waals surface area contributed by atoms with Crippen LogP contribution in [0, 0.1) is 0 Å². The van der Waals surface area contributed by atoms with Crippen LogP contribution in [-0.2, 0) is 0 Å². The summed E-state index contributed by atoms with van der Waals surface area (Å²) in [6, 6.07) is 16.5. The van der Waals surface area contributed by atoms with Gasteiger partial charge in [0.05, 0.1) is 6.10 Å². The predicted molar refractivity (Wildman–Crippen MR) is 98.5 cm³/mol. The first-order valence-electron chi connectivity index (χ1n) is 7.48. The summed E-state index contributed by atoms with van der Waals surface area (Å²) in [5.41, 5.74) is 3.51. The zero-order chi connectivity index (χ0) is 16.9. The molecule has 0 spiro atoms. The van der Waals surface area contributed by atoms with E-state index in [0.717, 1.165) is 16.7 Å². The number of rotatable bonds is 5. The summed E-state index contributed by atoms with van der Waals surface area (Å²) in [5, 5.41) is 17.6. The number of hydrogen-bond donors (Lipinski definition) is 2. The number of halogens is 1. The fourth-order valence-corrected chi connectivity index (χ4v) is 3.22. The highest BCUT2D eigenvalue weighted by molar-refractivity contribution is 7.08. The standard InChI is InChI=1S/C19H16ClNO2S/c20-17-3-1-2-15(10-17)19(23)21-11-18(22)14-6-4-13(5-7-14)16-8-9-24-12-16/h1-10,12,18,22H,11H2,(H,21,23). The number of carbonyl (C=O) groups excluding carboxylic acids is 1. The summed E-state index contributed by atoms with van der Waals surface area (Å²) in [7, 11) is 0. The summed E-state index contributed by atoms with van der Waals surface area (Å²) >= 11 is 7.52. The molecule has 1 aromatic heterocycles. The lowest BCUT2D eigenvalue weighted by Crippen LogP contribution is -2.28. The number of thiophene rings is 1. The van der Waals surface area contributed by atoms with Gasteiger partial charge in [0.1, 0.15) is 0 Å². The lowest BCUT2D eigenvalue weighted by Gasteiger charge is -2.13. The number of benzene rings is 2. The Kier molecular flexibility index (Phi) is 5.30. The molecule has 5 heteroatoms. The quantitative estimate of drug-likeness (QED) is 0.704. The molecule has 3 rings (SSSR count). The number of aliphatic hydroxyl groups excluding tert-OH is 1. The molecule has 3 aromatic rings. The lowest BCUT2D eigenvalue weighted by atomic mass is 10.0. The van der Waals surface area contributed by atoms with Gasteiger partial charge >= 0.3 is 0 Å². The molecule has 0 bridgehead atoms. The SMILES string of the molecule is O=C(NCC(O)c1ccc(-c2ccsc2)cc1)c1cccc(Cl)c1. The second kappa shape index (κ2) is 7.62. The average Bonchev–Trinajstić information content (AvgIpc) is 3.14. The van der Waals surface area contributed by atoms with E-state index in [-0.39, 0.29) is 12.5 Å². The second-order valence-electron chi connectivity index (χ2n) is 5.37. The average molecular weight is 358 g/mol. The van der Waals surface area contributed by atoms with Crippen LogP contribution in [0.25, 0.3) is 11.1 Å². The van der Waals surface area contributed by atoms with Gasteiger partial charge in [-0.15, -0.1) is 0 Å². The van der Waals surface area contributed by atoms with Crippen molar-refractivity contribution in [1.82, 2.24) is 5.32 Å². The van der Waals surface area contributed by atoms with Crippen LogP contribution in [0.5, 0.6) is 0 Å². The van der Waals surface area contributed by atoms with Crippen LogP contribution in [0.1, 0.15) is 22.0 Å². The van der Waals surface area contributed by atoms with Crippen molar-refractivity contribution in [3.05, 3.63) is 81.5 Å². The molecule has 0 radical (unpaired) electrons. The van der Waals surface area contributed by atoms with Crippen LogP contribution < -0.4 is 5.32 Å². The summed E-state index contributed by atoms with van der Waals surface area (Å²) in [5.74, 6) is -0.258. The van der Waals surface area contributed by atoms with E-state index in [0.29, 0.717) is 10.6 Å². The van der Waals surface area contributed by atoms with E-state index < -0.39 is 6.10 Å². The van der Waals surface area contributed by atoms with Gasteiger partial charge in [0.15, 0.2) is 0 Å². The van der Waals surface area contributed by atoms with E-state index in [1.807, 2.05) is 29.6 Å². The van der Waals surface area contributed by atoms with Crippen molar-refractivity contribution in [2.45, 2.75) is 6.10 Å². The minimum atomic E-state index is -0.760. The van der Waals surface area contributed by atoms with Gasteiger partial charge in [0.2, 0.25) is 0 Å². The van der Waals surface area contributed by atoms with Crippen LogP contribution in [0.15, 0.2) is 65.4 Å². The van der Waals surface area contributed by atoms with Crippen molar-refractivity contribution in [3.63, 3.8) is 0 Å². The molecule has 24 heavy (non-hydrogen) atoms. The first kappa shape index (κ1) is 16.7. The molecule has 1 amide bonds. The van der Waals surface area contributed by atoms with Gasteiger partial charge in [-0.2, -0.15) is 11.3 Å². The summed E-state index contributed by atoms with van der Waals surface area (Å²) < 4.78 is 0. The molecular formula is C19H16ClNO2S. The van der Waals surface area contributed by atoms with Crippen molar-refractivity contribution < 1.29 is 9.90 Å². The van der Waals surface area contributed by atoms with Gasteiger partial charge in [-0.25, -0.2) is 0 Å². The number of nitrogens with one attached hydrogen (secondary N) is 1. The van der Waals surface area contributed by atoms with Crippen LogP contribution in [0.3, 0.4) is 0 Å². The number of aliphatic hydroxyl groups is 1. The second-order valence-corrected chi connectivity index (χ2v) is 6.59. The number of amides is 1. The molecule has 1 heterocycles. The molecule has 2 N–H and O–H groups in total. The Labute approximate surface area is 149 Å². The highest BCUT2D eigenvalue weighted by atomic mass is 35.5. The summed E-state index contributed by atoms with van der Waals surface area (Å²) in [6.07, 6.45) is -0.760. The largest absolute Gasteiger partial charge is 0.387 e. The van der Waals surface area contributed by atoms with E-state index in [1.165, 1.54) is 0 Å². The zero-order valence-electron chi connectivity index (χ0n) is 12.8. The molecule has 1 atom stereocenters. The van der Waals surface area contributed by atoms with Gasteiger partial charge in [0, 0.05) is 17.1 Å². The van der Waals surface area contributed by atoms with Gasteiger partial charge in [-0.05, 0) is 51.7 Å². The Morgan fingerprint density at radius 2 is 1.92 bits per heavy atom. The van der Waals surface area contributed by atoms with Gasteiger partial charge < -0.3 is 10.4 Å². The van der Waals surface area contributed by atoms with Crippen LogP contribution in [0.4, 0.5) is 0 Å². The van der Waals surface area contributed by atoms with E-state index >= 15 is 0 Å². The van der Waals surface area contributed by atoms with E-state index in [4.69, 9.17) is 11.6 Å². The van der Waals surface area contributed by atoms with E-state index in [2.05, 4.69) is 16.8 Å². The monoisotopic (exact) mass is 357 g/mol. The Morgan fingerprint density at radius 1 is 1.12 bits per heavy atom. The first-order valence-corrected chi connectivity index (χ1v) is 8.80. The minimum absolute atomic E-state index is 0.142. The molecule has 2 aromatic carbocycles. The molecule has 122 valence electrons. The third kappa shape index (κ3) is 4.03. The third-order valence-electron chi connectivity index (χ3n) is 3.69. The fourth-order valence-electron chi connectivity index (χ4n) is 2.37. The van der Waals surface area contributed by atoms with Crippen LogP contribution in [-0.4, -0.2) is 17.6 Å². The normalized spacial score (nSPS) is 11.9. The van der Waals surface area contributed by atoms with Crippen molar-refractivity contribution in [1.29, 1.82) is 0 Å². The van der Waals surface area contributed by atoms with Crippen molar-refractivity contribution in [3.8, 4) is 11.1 Å². The smallest absolute Gasteiger partial charge is 0.251 e. The minimum Gasteiger partial charge on any atom is -0.387 e. The maximum absolute atomic E-state index is 12.1. The maximum atomic E-state index is 12.1. The summed E-state index contributed by atoms with van der Waals surface area (Å²) in [6.45, 7) is 0.142. The molecule has 0 saturated heterocycles. The number of hydrogen-bond acceptors (Lipinski definition) is 3. The molecule has 3 nitrogen and oxygen atoms in total. The molecule has 0 aliphatic heterocycles. The van der Waals surface area contributed by atoms with Crippen LogP contribution in [0.2, 0.25) is 5.02 Å². The van der Waals surface area contributed by atoms with Gasteiger partial charge in [-0.1, -0.05) is 41.9 Å². The Morgan fingerprint density at radius 3 is 2.58 bits per heavy atom. The molecule has 0 saturated carbocycles. The highest BCUT2D eigenvalue weighted by Gasteiger charge is 2.11. The van der Waals surface area contributed by atoms with Gasteiger partial charge in [-0.3, -0.25) is 4.79 Å².